The van der Waals surface area contributed by atoms with E-state index in [1.807, 2.05) is 17.8 Å². The molecule has 0 unspecified atom stereocenters. The van der Waals surface area contributed by atoms with Crippen LogP contribution in [0.25, 0.3) is 38.9 Å². The van der Waals surface area contributed by atoms with Gasteiger partial charge in [0, 0.05) is 53.9 Å². The highest BCUT2D eigenvalue weighted by atomic mass is 19.1. The van der Waals surface area contributed by atoms with Gasteiger partial charge in [-0.15, -0.1) is 5.10 Å². The zero-order chi connectivity index (χ0) is 26.7. The van der Waals surface area contributed by atoms with E-state index < -0.39 is 24.1 Å². The monoisotopic (exact) mass is 520 g/mol. The average molecular weight is 521 g/mol. The number of hydrogen-bond donors (Lipinski definition) is 1. The van der Waals surface area contributed by atoms with Gasteiger partial charge in [-0.2, -0.15) is 4.68 Å². The second kappa shape index (κ2) is 9.21. The number of nitrogens with zero attached hydrogens (tertiary/aromatic N) is 6. The molecule has 2 atom stereocenters. The Morgan fingerprint density at radius 2 is 1.74 bits per heavy atom. The van der Waals surface area contributed by atoms with Crippen LogP contribution >= 0.6 is 0 Å². The number of aliphatic hydroxyl groups is 1. The standard InChI is InChI=1S/C28H30F2N6O2/c1-32(2)13-17-4-7-20(10-17)34-15-26(22-12-19(30)6-9-25(22)34)36-27(31-35(16-37)28(36)38)23-14-33(3)24-8-5-18(29)11-21(23)24/h5-6,8-9,11-12,14-15,17,20,37H,4,7,10,13,16H2,1-3H3/t17-,20+/m1/s1. The fraction of sp³-hybridized carbons (Fsp3) is 0.357. The molecule has 0 bridgehead atoms. The van der Waals surface area contributed by atoms with Crippen molar-refractivity contribution < 1.29 is 13.9 Å². The Morgan fingerprint density at radius 3 is 2.45 bits per heavy atom. The van der Waals surface area contributed by atoms with Crippen molar-refractivity contribution in [2.24, 2.45) is 13.0 Å². The fourth-order valence-electron chi connectivity index (χ4n) is 6.11. The van der Waals surface area contributed by atoms with Crippen LogP contribution in [0, 0.1) is 17.6 Å². The smallest absolute Gasteiger partial charge is 0.353 e. The van der Waals surface area contributed by atoms with E-state index in [9.17, 15) is 18.7 Å². The van der Waals surface area contributed by atoms with E-state index in [2.05, 4.69) is 28.7 Å². The molecule has 6 rings (SSSR count). The summed E-state index contributed by atoms with van der Waals surface area (Å²) in [5.74, 6) is -0.0183. The molecule has 0 saturated heterocycles. The molecule has 3 aromatic heterocycles. The van der Waals surface area contributed by atoms with Crippen LogP contribution in [0.15, 0.2) is 53.6 Å². The van der Waals surface area contributed by atoms with E-state index in [0.717, 1.165) is 41.5 Å². The lowest BCUT2D eigenvalue weighted by atomic mass is 10.1. The van der Waals surface area contributed by atoms with E-state index in [-0.39, 0.29) is 11.9 Å². The molecule has 0 radical (unpaired) electrons. The van der Waals surface area contributed by atoms with Crippen molar-refractivity contribution in [3.05, 3.63) is 70.9 Å². The maximum Gasteiger partial charge on any atom is 0.353 e. The minimum absolute atomic E-state index is 0.209. The SMILES string of the molecule is CN(C)C[C@@H]1CC[C@H](n2cc(-n3c(-c4cn(C)c5ccc(F)cc45)nn(CO)c3=O)c3cc(F)ccc32)C1. The van der Waals surface area contributed by atoms with Crippen molar-refractivity contribution in [2.75, 3.05) is 20.6 Å². The van der Waals surface area contributed by atoms with Crippen LogP contribution in [-0.2, 0) is 13.8 Å². The number of aromatic nitrogens is 5. The Labute approximate surface area is 217 Å². The molecule has 8 nitrogen and oxygen atoms in total. The van der Waals surface area contributed by atoms with Crippen molar-refractivity contribution in [1.82, 2.24) is 28.4 Å². The number of fused-ring (bicyclic) bond motifs is 2. The maximum absolute atomic E-state index is 14.6. The summed E-state index contributed by atoms with van der Waals surface area (Å²) in [6.07, 6.45) is 6.74. The fourth-order valence-corrected chi connectivity index (χ4v) is 6.11. The largest absolute Gasteiger partial charge is 0.374 e. The molecular weight excluding hydrogens is 490 g/mol. The van der Waals surface area contributed by atoms with Crippen LogP contribution in [0.3, 0.4) is 0 Å². The van der Waals surface area contributed by atoms with Gasteiger partial charge >= 0.3 is 5.69 Å². The minimum Gasteiger partial charge on any atom is -0.374 e. The summed E-state index contributed by atoms with van der Waals surface area (Å²) < 4.78 is 35.2. The summed E-state index contributed by atoms with van der Waals surface area (Å²) in [6, 6.07) is 9.29. The third-order valence-electron chi connectivity index (χ3n) is 7.71. The lowest BCUT2D eigenvalue weighted by Gasteiger charge is -2.17. The molecule has 198 valence electrons. The Kier molecular flexibility index (Phi) is 5.96. The normalized spacial score (nSPS) is 18.0. The maximum atomic E-state index is 14.6. The first kappa shape index (κ1) is 24.6. The summed E-state index contributed by atoms with van der Waals surface area (Å²) in [6.45, 7) is 0.376. The molecule has 1 aliphatic rings. The second-order valence-electron chi connectivity index (χ2n) is 10.6. The Bertz CT molecular complexity index is 1730. The zero-order valence-electron chi connectivity index (χ0n) is 21.6. The van der Waals surface area contributed by atoms with Crippen molar-refractivity contribution >= 4 is 21.8 Å². The van der Waals surface area contributed by atoms with Gasteiger partial charge in [0.1, 0.15) is 18.4 Å². The highest BCUT2D eigenvalue weighted by Gasteiger charge is 2.29. The molecule has 1 N–H and O–H groups in total. The Hall–Kier alpha value is -3.76. The third kappa shape index (κ3) is 3.95. The van der Waals surface area contributed by atoms with Gasteiger partial charge in [-0.05, 0) is 75.7 Å². The minimum atomic E-state index is -0.625. The third-order valence-corrected chi connectivity index (χ3v) is 7.71. The number of aryl methyl sites for hydroxylation is 1. The molecular formula is C28H30F2N6O2. The van der Waals surface area contributed by atoms with Gasteiger partial charge < -0.3 is 19.1 Å². The predicted octanol–water partition coefficient (Wildman–Crippen LogP) is 4.28. The molecule has 1 aliphatic carbocycles. The van der Waals surface area contributed by atoms with Gasteiger partial charge in [-0.25, -0.2) is 18.1 Å². The Morgan fingerprint density at radius 1 is 1.03 bits per heavy atom. The van der Waals surface area contributed by atoms with Crippen LogP contribution in [0.2, 0.25) is 0 Å². The highest BCUT2D eigenvalue weighted by molar-refractivity contribution is 5.96. The number of benzene rings is 2. The quantitative estimate of drug-likeness (QED) is 0.363. The topological polar surface area (TPSA) is 73.2 Å². The molecule has 1 fully saturated rings. The van der Waals surface area contributed by atoms with Gasteiger partial charge in [0.2, 0.25) is 0 Å². The van der Waals surface area contributed by atoms with Gasteiger partial charge in [0.05, 0.1) is 11.2 Å². The van der Waals surface area contributed by atoms with E-state index in [4.69, 9.17) is 0 Å². The van der Waals surface area contributed by atoms with Crippen LogP contribution in [0.1, 0.15) is 25.3 Å². The lowest BCUT2D eigenvalue weighted by molar-refractivity contribution is 0.190. The molecule has 2 aromatic carbocycles. The second-order valence-corrected chi connectivity index (χ2v) is 10.6. The van der Waals surface area contributed by atoms with Crippen LogP contribution < -0.4 is 5.69 Å². The van der Waals surface area contributed by atoms with Gasteiger partial charge in [0.15, 0.2) is 5.82 Å². The summed E-state index contributed by atoms with van der Waals surface area (Å²) >= 11 is 0. The van der Waals surface area contributed by atoms with Crippen molar-refractivity contribution in [2.45, 2.75) is 32.0 Å². The zero-order valence-corrected chi connectivity index (χ0v) is 21.6. The first-order chi connectivity index (χ1) is 18.2. The van der Waals surface area contributed by atoms with E-state index in [0.29, 0.717) is 27.9 Å². The van der Waals surface area contributed by atoms with Gasteiger partial charge in [-0.3, -0.25) is 0 Å². The van der Waals surface area contributed by atoms with Gasteiger partial charge in [0.25, 0.3) is 0 Å². The van der Waals surface area contributed by atoms with E-state index >= 15 is 0 Å². The first-order valence-corrected chi connectivity index (χ1v) is 12.8. The molecule has 10 heteroatoms. The molecule has 0 spiro atoms. The van der Waals surface area contributed by atoms with Crippen LogP contribution in [-0.4, -0.2) is 54.1 Å². The molecule has 0 aliphatic heterocycles. The van der Waals surface area contributed by atoms with Crippen LogP contribution in [0.5, 0.6) is 0 Å². The van der Waals surface area contributed by atoms with E-state index in [1.54, 1.807) is 18.3 Å². The Balaban J connectivity index is 1.58. The average Bonchev–Trinajstić information content (AvgIpc) is 3.62. The van der Waals surface area contributed by atoms with Gasteiger partial charge in [-0.1, -0.05) is 0 Å². The molecule has 0 amide bonds. The summed E-state index contributed by atoms with van der Waals surface area (Å²) in [7, 11) is 5.98. The summed E-state index contributed by atoms with van der Waals surface area (Å²) in [5.41, 5.74) is 2.05. The number of aliphatic hydroxyl groups excluding tert-OH is 1. The van der Waals surface area contributed by atoms with Crippen molar-refractivity contribution in [3.8, 4) is 17.1 Å². The van der Waals surface area contributed by atoms with Crippen molar-refractivity contribution in [1.29, 1.82) is 0 Å². The molecule has 3 heterocycles. The molecule has 38 heavy (non-hydrogen) atoms. The number of halogens is 2. The lowest BCUT2D eigenvalue weighted by Crippen LogP contribution is -2.24. The molecule has 5 aromatic rings. The van der Waals surface area contributed by atoms with Crippen molar-refractivity contribution in [3.63, 3.8) is 0 Å². The summed E-state index contributed by atoms with van der Waals surface area (Å²) in [5, 5.41) is 15.5. The van der Waals surface area contributed by atoms with E-state index in [1.165, 1.54) is 28.8 Å². The highest BCUT2D eigenvalue weighted by Crippen LogP contribution is 2.40. The first-order valence-electron chi connectivity index (χ1n) is 12.8. The molecule has 1 saturated carbocycles. The van der Waals surface area contributed by atoms with Crippen LogP contribution in [0.4, 0.5) is 8.78 Å². The predicted molar refractivity (Wildman–Crippen MR) is 142 cm³/mol. The number of hydrogen-bond acceptors (Lipinski definition) is 4. The summed E-state index contributed by atoms with van der Waals surface area (Å²) in [4.78, 5) is 15.7. The number of rotatable bonds is 6.